The number of fused-ring (bicyclic) bond motifs is 1. The van der Waals surface area contributed by atoms with Crippen molar-refractivity contribution in [3.63, 3.8) is 0 Å². The van der Waals surface area contributed by atoms with Gasteiger partial charge >= 0.3 is 0 Å². The van der Waals surface area contributed by atoms with Crippen molar-refractivity contribution in [2.24, 2.45) is 7.05 Å². The highest BCUT2D eigenvalue weighted by atomic mass is 16.5. The molecule has 3 heterocycles. The van der Waals surface area contributed by atoms with Crippen LogP contribution in [0.3, 0.4) is 0 Å². The molecule has 2 aromatic carbocycles. The standard InChI is InChI=1S/C27H33N5O4/c1-29-24-7-6-19(26(33)31-8-4-5-9-31)16-23(24)28-25(29)18-30-10-12-32(13-11-30)27(34)20-14-21(35-2)17-22(15-20)36-3/h6-7,14-17H,4-5,8-13,18H2,1-3H3. The van der Waals surface area contributed by atoms with Crippen molar-refractivity contribution < 1.29 is 19.1 Å². The number of piperazine rings is 1. The minimum absolute atomic E-state index is 0.0234. The lowest BCUT2D eigenvalue weighted by Crippen LogP contribution is -2.48. The van der Waals surface area contributed by atoms with Crippen LogP contribution >= 0.6 is 0 Å². The van der Waals surface area contributed by atoms with Gasteiger partial charge in [0.1, 0.15) is 17.3 Å². The van der Waals surface area contributed by atoms with E-state index < -0.39 is 0 Å². The van der Waals surface area contributed by atoms with Crippen molar-refractivity contribution in [2.75, 3.05) is 53.5 Å². The molecule has 1 aromatic heterocycles. The van der Waals surface area contributed by atoms with Gasteiger partial charge in [0.25, 0.3) is 11.8 Å². The van der Waals surface area contributed by atoms with Crippen LogP contribution in [0.25, 0.3) is 11.0 Å². The molecule has 0 bridgehead atoms. The number of aryl methyl sites for hydroxylation is 1. The summed E-state index contributed by atoms with van der Waals surface area (Å²) in [4.78, 5) is 36.9. The Balaban J connectivity index is 1.24. The van der Waals surface area contributed by atoms with Gasteiger partial charge in [-0.15, -0.1) is 0 Å². The summed E-state index contributed by atoms with van der Waals surface area (Å²) >= 11 is 0. The Morgan fingerprint density at radius 2 is 1.42 bits per heavy atom. The average molecular weight is 492 g/mol. The summed E-state index contributed by atoms with van der Waals surface area (Å²) in [7, 11) is 5.17. The van der Waals surface area contributed by atoms with Gasteiger partial charge in [0.05, 0.1) is 31.8 Å². The number of carbonyl (C=O) groups is 2. The van der Waals surface area contributed by atoms with E-state index >= 15 is 0 Å². The number of amides is 2. The van der Waals surface area contributed by atoms with E-state index in [4.69, 9.17) is 14.5 Å². The number of methoxy groups -OCH3 is 2. The van der Waals surface area contributed by atoms with Gasteiger partial charge in [-0.25, -0.2) is 4.98 Å². The first kappa shape index (κ1) is 24.1. The van der Waals surface area contributed by atoms with E-state index in [-0.39, 0.29) is 11.8 Å². The van der Waals surface area contributed by atoms with Gasteiger partial charge in [0, 0.05) is 63.5 Å². The maximum Gasteiger partial charge on any atom is 0.254 e. The molecule has 2 fully saturated rings. The molecule has 0 radical (unpaired) electrons. The number of benzene rings is 2. The third-order valence-electron chi connectivity index (χ3n) is 7.24. The summed E-state index contributed by atoms with van der Waals surface area (Å²) in [5.41, 5.74) is 3.13. The van der Waals surface area contributed by atoms with E-state index in [9.17, 15) is 9.59 Å². The second-order valence-electron chi connectivity index (χ2n) is 9.46. The number of likely N-dealkylation sites (tertiary alicyclic amines) is 1. The number of imidazole rings is 1. The minimum atomic E-state index is -0.0234. The quantitative estimate of drug-likeness (QED) is 0.528. The fraction of sp³-hybridized carbons (Fsp3) is 0.444. The summed E-state index contributed by atoms with van der Waals surface area (Å²) in [6, 6.07) is 11.1. The van der Waals surface area contributed by atoms with Crippen molar-refractivity contribution >= 4 is 22.8 Å². The number of hydrogen-bond donors (Lipinski definition) is 0. The first-order chi connectivity index (χ1) is 17.5. The molecule has 0 unspecified atom stereocenters. The molecule has 190 valence electrons. The van der Waals surface area contributed by atoms with Crippen LogP contribution in [0.15, 0.2) is 36.4 Å². The Morgan fingerprint density at radius 1 is 0.806 bits per heavy atom. The number of aromatic nitrogens is 2. The van der Waals surface area contributed by atoms with Gasteiger partial charge in [-0.3, -0.25) is 14.5 Å². The third kappa shape index (κ3) is 4.75. The van der Waals surface area contributed by atoms with Crippen LogP contribution < -0.4 is 9.47 Å². The van der Waals surface area contributed by atoms with Crippen LogP contribution in [0.4, 0.5) is 0 Å². The Morgan fingerprint density at radius 3 is 2.06 bits per heavy atom. The first-order valence-electron chi connectivity index (χ1n) is 12.5. The van der Waals surface area contributed by atoms with Gasteiger partial charge in [0.15, 0.2) is 0 Å². The van der Waals surface area contributed by atoms with Crippen molar-refractivity contribution in [3.05, 3.63) is 53.3 Å². The zero-order valence-corrected chi connectivity index (χ0v) is 21.2. The molecule has 2 aliphatic rings. The smallest absolute Gasteiger partial charge is 0.254 e. The number of ether oxygens (including phenoxy) is 2. The molecule has 0 spiro atoms. The van der Waals surface area contributed by atoms with Crippen molar-refractivity contribution in [1.29, 1.82) is 0 Å². The molecule has 3 aromatic rings. The van der Waals surface area contributed by atoms with Crippen LogP contribution in [-0.4, -0.2) is 89.6 Å². The number of nitrogens with zero attached hydrogens (tertiary/aromatic N) is 5. The summed E-state index contributed by atoms with van der Waals surface area (Å²) in [5, 5.41) is 0. The summed E-state index contributed by atoms with van der Waals surface area (Å²) in [6.07, 6.45) is 2.16. The van der Waals surface area contributed by atoms with Crippen LogP contribution in [0.2, 0.25) is 0 Å². The molecule has 9 nitrogen and oxygen atoms in total. The highest BCUT2D eigenvalue weighted by Gasteiger charge is 2.25. The summed E-state index contributed by atoms with van der Waals surface area (Å²) in [6.45, 7) is 5.15. The average Bonchev–Trinajstić information content (AvgIpc) is 3.56. The van der Waals surface area contributed by atoms with Gasteiger partial charge in [-0.2, -0.15) is 0 Å². The largest absolute Gasteiger partial charge is 0.497 e. The number of hydrogen-bond acceptors (Lipinski definition) is 6. The molecule has 2 amide bonds. The maximum atomic E-state index is 13.1. The lowest BCUT2D eigenvalue weighted by Gasteiger charge is -2.34. The fourth-order valence-corrected chi connectivity index (χ4v) is 5.05. The monoisotopic (exact) mass is 491 g/mol. The lowest BCUT2D eigenvalue weighted by molar-refractivity contribution is 0.0623. The lowest BCUT2D eigenvalue weighted by atomic mass is 10.1. The molecular weight excluding hydrogens is 458 g/mol. The molecule has 0 atom stereocenters. The molecule has 36 heavy (non-hydrogen) atoms. The number of carbonyl (C=O) groups excluding carboxylic acids is 2. The van der Waals surface area contributed by atoms with Crippen molar-refractivity contribution in [2.45, 2.75) is 19.4 Å². The predicted molar refractivity (Wildman–Crippen MR) is 137 cm³/mol. The maximum absolute atomic E-state index is 13.1. The SMILES string of the molecule is COc1cc(OC)cc(C(=O)N2CCN(Cc3nc4cc(C(=O)N5CCCC5)ccc4n3C)CC2)c1. The van der Waals surface area contributed by atoms with Crippen molar-refractivity contribution in [3.8, 4) is 11.5 Å². The van der Waals surface area contributed by atoms with Gasteiger partial charge in [-0.05, 0) is 43.2 Å². The van der Waals surface area contributed by atoms with Crippen LogP contribution in [0.5, 0.6) is 11.5 Å². The zero-order valence-electron chi connectivity index (χ0n) is 21.2. The number of rotatable bonds is 6. The second kappa shape index (κ2) is 10.2. The van der Waals surface area contributed by atoms with E-state index in [0.29, 0.717) is 42.3 Å². The predicted octanol–water partition coefficient (Wildman–Crippen LogP) is 2.78. The summed E-state index contributed by atoms with van der Waals surface area (Å²) in [5.74, 6) is 2.22. The Hall–Kier alpha value is -3.59. The van der Waals surface area contributed by atoms with Gasteiger partial charge < -0.3 is 23.8 Å². The Bertz CT molecular complexity index is 1250. The van der Waals surface area contributed by atoms with Gasteiger partial charge in [0.2, 0.25) is 0 Å². The molecule has 9 heteroatoms. The molecule has 0 saturated carbocycles. The molecule has 2 aliphatic heterocycles. The van der Waals surface area contributed by atoms with Crippen LogP contribution in [0.1, 0.15) is 39.4 Å². The van der Waals surface area contributed by atoms with Gasteiger partial charge in [-0.1, -0.05) is 0 Å². The molecule has 0 N–H and O–H groups in total. The summed E-state index contributed by atoms with van der Waals surface area (Å²) < 4.78 is 12.7. The first-order valence-corrected chi connectivity index (χ1v) is 12.5. The van der Waals surface area contributed by atoms with E-state index in [0.717, 1.165) is 55.9 Å². The Labute approximate surface area is 211 Å². The van der Waals surface area contributed by atoms with Crippen LogP contribution in [-0.2, 0) is 13.6 Å². The molecule has 0 aliphatic carbocycles. The second-order valence-corrected chi connectivity index (χ2v) is 9.46. The minimum Gasteiger partial charge on any atom is -0.497 e. The topological polar surface area (TPSA) is 80.1 Å². The zero-order chi connectivity index (χ0) is 25.2. The Kier molecular flexibility index (Phi) is 6.82. The van der Waals surface area contributed by atoms with E-state index in [2.05, 4.69) is 9.47 Å². The normalized spacial score (nSPS) is 16.5. The van der Waals surface area contributed by atoms with E-state index in [1.165, 1.54) is 0 Å². The highest BCUT2D eigenvalue weighted by molar-refractivity contribution is 5.97. The van der Waals surface area contributed by atoms with Crippen LogP contribution in [0, 0.1) is 0 Å². The molecule has 5 rings (SSSR count). The fourth-order valence-electron chi connectivity index (χ4n) is 5.05. The van der Waals surface area contributed by atoms with E-state index in [1.54, 1.807) is 32.4 Å². The molecule has 2 saturated heterocycles. The third-order valence-corrected chi connectivity index (χ3v) is 7.24. The molecular formula is C27H33N5O4. The van der Waals surface area contributed by atoms with Crippen molar-refractivity contribution in [1.82, 2.24) is 24.3 Å². The highest BCUT2D eigenvalue weighted by Crippen LogP contribution is 2.24. The van der Waals surface area contributed by atoms with E-state index in [1.807, 2.05) is 35.0 Å².